The molecule has 2 atom stereocenters. The van der Waals surface area contributed by atoms with Gasteiger partial charge in [-0.15, -0.1) is 11.3 Å². The second-order valence-electron chi connectivity index (χ2n) is 11.6. The third-order valence-electron chi connectivity index (χ3n) is 9.09. The first-order chi connectivity index (χ1) is 20.3. The number of carbonyl (C=O) groups is 1. The molecule has 0 amide bonds. The zero-order chi connectivity index (χ0) is 29.4. The molecule has 1 aromatic heterocycles. The summed E-state index contributed by atoms with van der Waals surface area (Å²) in [5.74, 6) is -1.09. The van der Waals surface area contributed by atoms with E-state index in [9.17, 15) is 14.3 Å². The number of anilines is 1. The highest BCUT2D eigenvalue weighted by Gasteiger charge is 2.35. The highest BCUT2D eigenvalue weighted by Crippen LogP contribution is 2.38. The number of methoxy groups -OCH3 is 1. The summed E-state index contributed by atoms with van der Waals surface area (Å²) in [6.45, 7) is 9.22. The normalized spacial score (nSPS) is 21.5. The molecule has 0 saturated carbocycles. The molecule has 224 valence electrons. The Kier molecular flexibility index (Phi) is 8.49. The molecule has 3 aliphatic heterocycles. The van der Waals surface area contributed by atoms with Crippen LogP contribution in [-0.4, -0.2) is 79.6 Å². The first-order valence-corrected chi connectivity index (χ1v) is 15.5. The highest BCUT2D eigenvalue weighted by atomic mass is 32.1. The number of fused-ring (bicyclic) bond motifs is 1. The average Bonchev–Trinajstić information content (AvgIpc) is 3.34. The molecule has 2 saturated heterocycles. The van der Waals surface area contributed by atoms with E-state index in [1.807, 2.05) is 17.2 Å². The number of rotatable bonds is 8. The maximum atomic E-state index is 14.7. The number of aromatic nitrogens is 1. The first-order valence-electron chi connectivity index (χ1n) is 14.6. The predicted octanol–water partition coefficient (Wildman–Crippen LogP) is 4.87. The zero-order valence-corrected chi connectivity index (χ0v) is 25.2. The van der Waals surface area contributed by atoms with Crippen LogP contribution in [0.4, 0.5) is 9.52 Å². The third-order valence-corrected chi connectivity index (χ3v) is 9.99. The Balaban J connectivity index is 1.20. The molecule has 10 heteroatoms. The van der Waals surface area contributed by atoms with Crippen molar-refractivity contribution in [1.82, 2.24) is 9.88 Å². The number of benzene rings is 2. The largest absolute Gasteiger partial charge is 0.488 e. The van der Waals surface area contributed by atoms with E-state index < -0.39 is 18.0 Å². The van der Waals surface area contributed by atoms with Gasteiger partial charge in [-0.3, -0.25) is 9.69 Å². The molecule has 42 heavy (non-hydrogen) atoms. The predicted molar refractivity (Wildman–Crippen MR) is 160 cm³/mol. The molecular formula is C32H38FN3O5S. The van der Waals surface area contributed by atoms with Gasteiger partial charge in [0.05, 0.1) is 37.0 Å². The zero-order valence-electron chi connectivity index (χ0n) is 24.4. The molecule has 4 heterocycles. The lowest BCUT2D eigenvalue weighted by Gasteiger charge is -2.36. The van der Waals surface area contributed by atoms with Crippen molar-refractivity contribution in [1.29, 1.82) is 0 Å². The van der Waals surface area contributed by atoms with Gasteiger partial charge in [-0.25, -0.2) is 9.37 Å². The van der Waals surface area contributed by atoms with Gasteiger partial charge >= 0.3 is 5.97 Å². The molecule has 2 aromatic carbocycles. The van der Waals surface area contributed by atoms with Crippen molar-refractivity contribution in [3.05, 3.63) is 63.3 Å². The van der Waals surface area contributed by atoms with Crippen LogP contribution >= 0.6 is 11.3 Å². The van der Waals surface area contributed by atoms with Crippen molar-refractivity contribution in [3.63, 3.8) is 0 Å². The SMILES string of the molecule is CO[C@@H]1CN(c2nc(-c3cc(F)cc(C)c3OCc3ccc4c(c3C)CCN(C3COC3)CC4)cs2)CC[C@@H]1C(=O)O. The number of piperidine rings is 1. The molecule has 0 aliphatic carbocycles. The molecule has 1 N–H and O–H groups in total. The molecular weight excluding hydrogens is 557 g/mol. The van der Waals surface area contributed by atoms with E-state index in [2.05, 4.69) is 24.0 Å². The first kappa shape index (κ1) is 29.0. The minimum atomic E-state index is -0.839. The minimum Gasteiger partial charge on any atom is -0.488 e. The Hall–Kier alpha value is -3.05. The standard InChI is InChI=1S/C32H38FN3O5S/c1-19-12-23(33)13-27(28-18-42-32(34-28)36-11-8-26(31(37)38)29(14-36)39-3)30(19)41-15-22-5-4-21-6-9-35(24-16-40-17-24)10-7-25(21)20(22)2/h4-5,12-13,18,24,26,29H,6-11,14-17H2,1-3H3,(H,37,38)/t26-,29+/m0/s1. The Bertz CT molecular complexity index is 1460. The summed E-state index contributed by atoms with van der Waals surface area (Å²) in [7, 11) is 1.54. The summed E-state index contributed by atoms with van der Waals surface area (Å²) < 4.78 is 32.0. The highest BCUT2D eigenvalue weighted by molar-refractivity contribution is 7.14. The van der Waals surface area contributed by atoms with E-state index in [-0.39, 0.29) is 5.82 Å². The fourth-order valence-corrected chi connectivity index (χ4v) is 7.30. The van der Waals surface area contributed by atoms with Gasteiger partial charge in [0.1, 0.15) is 18.2 Å². The number of nitrogens with zero attached hydrogens (tertiary/aromatic N) is 3. The number of aryl methyl sites for hydroxylation is 1. The van der Waals surface area contributed by atoms with Crippen LogP contribution in [0.15, 0.2) is 29.6 Å². The lowest BCUT2D eigenvalue weighted by molar-refractivity contribution is -0.147. The Morgan fingerprint density at radius 1 is 1.19 bits per heavy atom. The fourth-order valence-electron chi connectivity index (χ4n) is 6.44. The van der Waals surface area contributed by atoms with Crippen LogP contribution in [0.3, 0.4) is 0 Å². The van der Waals surface area contributed by atoms with Gasteiger partial charge in [-0.05, 0) is 73.1 Å². The van der Waals surface area contributed by atoms with Gasteiger partial charge in [0.25, 0.3) is 0 Å². The third kappa shape index (κ3) is 5.77. The summed E-state index contributed by atoms with van der Waals surface area (Å²) in [6.07, 6.45) is 2.11. The van der Waals surface area contributed by atoms with Crippen LogP contribution in [0.25, 0.3) is 11.3 Å². The summed E-state index contributed by atoms with van der Waals surface area (Å²) in [6, 6.07) is 7.94. The van der Waals surface area contributed by atoms with Crippen LogP contribution in [0.5, 0.6) is 5.75 Å². The van der Waals surface area contributed by atoms with Crippen molar-refractivity contribution in [2.75, 3.05) is 51.4 Å². The lowest BCUT2D eigenvalue weighted by atomic mass is 9.94. The molecule has 0 spiro atoms. The van der Waals surface area contributed by atoms with E-state index in [4.69, 9.17) is 19.2 Å². The number of carboxylic acid groups (broad SMARTS) is 1. The van der Waals surface area contributed by atoms with Crippen molar-refractivity contribution >= 4 is 22.4 Å². The Morgan fingerprint density at radius 3 is 2.74 bits per heavy atom. The maximum Gasteiger partial charge on any atom is 0.309 e. The number of hydrogen-bond acceptors (Lipinski definition) is 8. The number of halogens is 1. The average molecular weight is 596 g/mol. The number of carboxylic acids is 1. The maximum absolute atomic E-state index is 14.7. The molecule has 6 rings (SSSR count). The smallest absolute Gasteiger partial charge is 0.309 e. The molecule has 3 aliphatic rings. The summed E-state index contributed by atoms with van der Waals surface area (Å²) in [5, 5.41) is 12.2. The van der Waals surface area contributed by atoms with Crippen LogP contribution in [0, 0.1) is 25.6 Å². The molecule has 3 aromatic rings. The van der Waals surface area contributed by atoms with Gasteiger partial charge in [-0.2, -0.15) is 0 Å². The van der Waals surface area contributed by atoms with E-state index >= 15 is 0 Å². The molecule has 0 bridgehead atoms. The van der Waals surface area contributed by atoms with E-state index in [0.29, 0.717) is 54.7 Å². The van der Waals surface area contributed by atoms with E-state index in [0.717, 1.165) is 49.8 Å². The molecule has 0 radical (unpaired) electrons. The number of hydrogen-bond donors (Lipinski definition) is 1. The quantitative estimate of drug-likeness (QED) is 0.395. The monoisotopic (exact) mass is 595 g/mol. The number of ether oxygens (including phenoxy) is 3. The van der Waals surface area contributed by atoms with Crippen LogP contribution in [-0.2, 0) is 33.7 Å². The number of thiazole rings is 1. The van der Waals surface area contributed by atoms with Gasteiger partial charge in [0.2, 0.25) is 0 Å². The second-order valence-corrected chi connectivity index (χ2v) is 12.4. The fraction of sp³-hybridized carbons (Fsp3) is 0.500. The van der Waals surface area contributed by atoms with Crippen LogP contribution in [0.1, 0.15) is 34.2 Å². The van der Waals surface area contributed by atoms with Gasteiger partial charge in [0.15, 0.2) is 5.13 Å². The van der Waals surface area contributed by atoms with Gasteiger partial charge in [-0.1, -0.05) is 12.1 Å². The molecule has 0 unspecified atom stereocenters. The Morgan fingerprint density at radius 2 is 2.00 bits per heavy atom. The number of aliphatic carboxylic acids is 1. The topological polar surface area (TPSA) is 84.4 Å². The van der Waals surface area contributed by atoms with Crippen molar-refractivity contribution in [2.45, 2.75) is 51.9 Å². The van der Waals surface area contributed by atoms with Crippen LogP contribution in [0.2, 0.25) is 0 Å². The second kappa shape index (κ2) is 12.3. The molecule has 8 nitrogen and oxygen atoms in total. The van der Waals surface area contributed by atoms with Crippen molar-refractivity contribution in [2.24, 2.45) is 5.92 Å². The summed E-state index contributed by atoms with van der Waals surface area (Å²) >= 11 is 1.46. The molecule has 2 fully saturated rings. The van der Waals surface area contributed by atoms with Gasteiger partial charge in [0, 0.05) is 44.2 Å². The Labute approximate surface area is 250 Å². The van der Waals surface area contributed by atoms with Gasteiger partial charge < -0.3 is 24.2 Å². The van der Waals surface area contributed by atoms with Crippen molar-refractivity contribution in [3.8, 4) is 17.0 Å². The summed E-state index contributed by atoms with van der Waals surface area (Å²) in [4.78, 5) is 21.1. The van der Waals surface area contributed by atoms with E-state index in [1.165, 1.54) is 40.2 Å². The van der Waals surface area contributed by atoms with Crippen molar-refractivity contribution < 1.29 is 28.5 Å². The lowest BCUT2D eigenvalue weighted by Crippen LogP contribution is -2.49. The summed E-state index contributed by atoms with van der Waals surface area (Å²) in [5.41, 5.74) is 7.21. The van der Waals surface area contributed by atoms with Crippen LogP contribution < -0.4 is 9.64 Å². The minimum absolute atomic E-state index is 0.339. The van der Waals surface area contributed by atoms with E-state index in [1.54, 1.807) is 7.11 Å².